The standard InChI is InChI=1S/C21H19ClF6O2/c1-11(2)7-16(19(29)30)13-8-14(10-20(23,24)25)18(17(22)9-13)12-3-5-15(6-4-12)21(26,27)28/h3-6,8-9,11,16H,7,10H2,1-2H3,(H,29,30). The molecule has 0 spiro atoms. The SMILES string of the molecule is CC(C)CC(C(=O)O)c1cc(Cl)c(-c2ccc(C(F)(F)F)cc2)c(CC(F)(F)F)c1. The van der Waals surface area contributed by atoms with Crippen LogP contribution in [-0.2, 0) is 17.4 Å². The zero-order valence-corrected chi connectivity index (χ0v) is 16.8. The summed E-state index contributed by atoms with van der Waals surface area (Å²) in [5.74, 6) is -2.29. The Morgan fingerprint density at radius 1 is 1.03 bits per heavy atom. The fraction of sp³-hybridized carbons (Fsp3) is 0.381. The average Bonchev–Trinajstić information content (AvgIpc) is 2.57. The summed E-state index contributed by atoms with van der Waals surface area (Å²) >= 11 is 6.23. The van der Waals surface area contributed by atoms with E-state index in [1.54, 1.807) is 13.8 Å². The Hall–Kier alpha value is -2.22. The van der Waals surface area contributed by atoms with Crippen molar-refractivity contribution >= 4 is 17.6 Å². The van der Waals surface area contributed by atoms with Gasteiger partial charge in [-0.2, -0.15) is 26.3 Å². The molecule has 164 valence electrons. The third kappa shape index (κ3) is 6.14. The van der Waals surface area contributed by atoms with E-state index in [2.05, 4.69) is 0 Å². The van der Waals surface area contributed by atoms with Gasteiger partial charge in [-0.25, -0.2) is 0 Å². The molecule has 2 rings (SSSR count). The summed E-state index contributed by atoms with van der Waals surface area (Å²) in [6.45, 7) is 3.56. The fourth-order valence-corrected chi connectivity index (χ4v) is 3.60. The van der Waals surface area contributed by atoms with E-state index in [-0.39, 0.29) is 39.6 Å². The zero-order valence-electron chi connectivity index (χ0n) is 16.0. The monoisotopic (exact) mass is 452 g/mol. The second-order valence-electron chi connectivity index (χ2n) is 7.42. The maximum absolute atomic E-state index is 13.2. The van der Waals surface area contributed by atoms with Crippen LogP contribution in [0.25, 0.3) is 11.1 Å². The van der Waals surface area contributed by atoms with Crippen molar-refractivity contribution in [3.63, 3.8) is 0 Å². The first kappa shape index (κ1) is 24.1. The van der Waals surface area contributed by atoms with Crippen molar-refractivity contribution in [1.82, 2.24) is 0 Å². The van der Waals surface area contributed by atoms with Gasteiger partial charge in [0.1, 0.15) is 0 Å². The first-order chi connectivity index (χ1) is 13.7. The molecular formula is C21H19ClF6O2. The molecule has 0 saturated heterocycles. The minimum absolute atomic E-state index is 0.0365. The highest BCUT2D eigenvalue weighted by Crippen LogP contribution is 2.40. The molecule has 1 N–H and O–H groups in total. The summed E-state index contributed by atoms with van der Waals surface area (Å²) < 4.78 is 77.9. The zero-order chi connectivity index (χ0) is 22.9. The molecule has 1 unspecified atom stereocenters. The van der Waals surface area contributed by atoms with E-state index in [1.807, 2.05) is 0 Å². The van der Waals surface area contributed by atoms with Crippen molar-refractivity contribution in [2.24, 2.45) is 5.92 Å². The van der Waals surface area contributed by atoms with Crippen molar-refractivity contribution in [3.05, 3.63) is 58.1 Å². The molecule has 2 nitrogen and oxygen atoms in total. The second kappa shape index (κ2) is 8.88. The summed E-state index contributed by atoms with van der Waals surface area (Å²) in [5, 5.41) is 9.36. The molecule has 1 atom stereocenters. The first-order valence-electron chi connectivity index (χ1n) is 8.98. The highest BCUT2D eigenvalue weighted by Gasteiger charge is 2.33. The number of carboxylic acids is 1. The first-order valence-corrected chi connectivity index (χ1v) is 9.36. The largest absolute Gasteiger partial charge is 0.481 e. The smallest absolute Gasteiger partial charge is 0.416 e. The molecule has 9 heteroatoms. The number of carboxylic acid groups (broad SMARTS) is 1. The topological polar surface area (TPSA) is 37.3 Å². The van der Waals surface area contributed by atoms with E-state index in [9.17, 15) is 36.2 Å². The number of halogens is 7. The Morgan fingerprint density at radius 2 is 1.60 bits per heavy atom. The summed E-state index contributed by atoms with van der Waals surface area (Å²) in [6, 6.07) is 6.02. The van der Waals surface area contributed by atoms with Crippen LogP contribution in [0.4, 0.5) is 26.3 Å². The molecule has 0 radical (unpaired) electrons. The Labute approximate surface area is 174 Å². The maximum atomic E-state index is 13.2. The van der Waals surface area contributed by atoms with E-state index in [1.165, 1.54) is 6.07 Å². The quantitative estimate of drug-likeness (QED) is 0.465. The molecule has 0 saturated carbocycles. The summed E-state index contributed by atoms with van der Waals surface area (Å²) in [6.07, 6.45) is -10.4. The third-order valence-electron chi connectivity index (χ3n) is 4.49. The number of aliphatic carboxylic acids is 1. The van der Waals surface area contributed by atoms with Crippen LogP contribution in [0.1, 0.15) is 42.9 Å². The summed E-state index contributed by atoms with van der Waals surface area (Å²) in [5.41, 5.74) is -1.11. The van der Waals surface area contributed by atoms with Crippen LogP contribution in [0.3, 0.4) is 0 Å². The fourth-order valence-electron chi connectivity index (χ4n) is 3.24. The molecule has 0 amide bonds. The van der Waals surface area contributed by atoms with Crippen LogP contribution in [-0.4, -0.2) is 17.3 Å². The second-order valence-corrected chi connectivity index (χ2v) is 7.83. The van der Waals surface area contributed by atoms with Gasteiger partial charge in [0.2, 0.25) is 0 Å². The van der Waals surface area contributed by atoms with Gasteiger partial charge in [-0.1, -0.05) is 43.6 Å². The van der Waals surface area contributed by atoms with Gasteiger partial charge in [-0.15, -0.1) is 0 Å². The minimum Gasteiger partial charge on any atom is -0.481 e. The predicted octanol–water partition coefficient (Wildman–Crippen LogP) is 7.34. The lowest BCUT2D eigenvalue weighted by molar-refractivity contribution is -0.139. The van der Waals surface area contributed by atoms with Gasteiger partial charge in [0, 0.05) is 10.6 Å². The molecule has 30 heavy (non-hydrogen) atoms. The molecule has 0 aliphatic heterocycles. The molecule has 0 aliphatic carbocycles. The summed E-state index contributed by atoms with van der Waals surface area (Å²) in [7, 11) is 0. The molecule has 0 bridgehead atoms. The number of carbonyl (C=O) groups is 1. The molecule has 2 aromatic rings. The Balaban J connectivity index is 2.63. The maximum Gasteiger partial charge on any atom is 0.416 e. The van der Waals surface area contributed by atoms with Crippen molar-refractivity contribution in [2.75, 3.05) is 0 Å². The lowest BCUT2D eigenvalue weighted by Gasteiger charge is -2.20. The van der Waals surface area contributed by atoms with Gasteiger partial charge < -0.3 is 5.11 Å². The molecule has 0 aliphatic rings. The molecule has 0 fully saturated rings. The van der Waals surface area contributed by atoms with Gasteiger partial charge in [0.05, 0.1) is 17.9 Å². The number of alkyl halides is 6. The van der Waals surface area contributed by atoms with Gasteiger partial charge in [0.25, 0.3) is 0 Å². The van der Waals surface area contributed by atoms with Crippen molar-refractivity contribution in [3.8, 4) is 11.1 Å². The van der Waals surface area contributed by atoms with Crippen LogP contribution >= 0.6 is 11.6 Å². The third-order valence-corrected chi connectivity index (χ3v) is 4.79. The van der Waals surface area contributed by atoms with Gasteiger partial charge in [-0.05, 0) is 47.2 Å². The molecule has 0 heterocycles. The number of hydrogen-bond acceptors (Lipinski definition) is 1. The van der Waals surface area contributed by atoms with E-state index in [0.717, 1.165) is 30.3 Å². The van der Waals surface area contributed by atoms with Crippen LogP contribution in [0.2, 0.25) is 5.02 Å². The van der Waals surface area contributed by atoms with Crippen molar-refractivity contribution < 1.29 is 36.2 Å². The number of rotatable bonds is 6. The van der Waals surface area contributed by atoms with E-state index >= 15 is 0 Å². The normalized spacial score (nSPS) is 13.5. The van der Waals surface area contributed by atoms with Crippen LogP contribution in [0, 0.1) is 5.92 Å². The van der Waals surface area contributed by atoms with Crippen molar-refractivity contribution in [2.45, 2.75) is 45.0 Å². The Morgan fingerprint density at radius 3 is 2.03 bits per heavy atom. The summed E-state index contributed by atoms with van der Waals surface area (Å²) in [4.78, 5) is 11.7. The highest BCUT2D eigenvalue weighted by molar-refractivity contribution is 6.33. The highest BCUT2D eigenvalue weighted by atomic mass is 35.5. The lowest BCUT2D eigenvalue weighted by atomic mass is 9.86. The van der Waals surface area contributed by atoms with E-state index in [4.69, 9.17) is 11.6 Å². The van der Waals surface area contributed by atoms with Gasteiger partial charge >= 0.3 is 18.3 Å². The van der Waals surface area contributed by atoms with Crippen molar-refractivity contribution in [1.29, 1.82) is 0 Å². The Kier molecular flexibility index (Phi) is 7.12. The van der Waals surface area contributed by atoms with Crippen LogP contribution in [0.5, 0.6) is 0 Å². The number of hydrogen-bond donors (Lipinski definition) is 1. The van der Waals surface area contributed by atoms with E-state index in [0.29, 0.717) is 0 Å². The average molecular weight is 453 g/mol. The Bertz CT molecular complexity index is 901. The molecule has 2 aromatic carbocycles. The van der Waals surface area contributed by atoms with Crippen LogP contribution < -0.4 is 0 Å². The molecule has 0 aromatic heterocycles. The molecular weight excluding hydrogens is 434 g/mol. The minimum atomic E-state index is -4.63. The van der Waals surface area contributed by atoms with Gasteiger partial charge in [0.15, 0.2) is 0 Å². The van der Waals surface area contributed by atoms with E-state index < -0.39 is 36.2 Å². The lowest BCUT2D eigenvalue weighted by Crippen LogP contribution is -2.17. The predicted molar refractivity (Wildman–Crippen MR) is 101 cm³/mol. The number of benzene rings is 2. The van der Waals surface area contributed by atoms with Crippen LogP contribution in [0.15, 0.2) is 36.4 Å². The van der Waals surface area contributed by atoms with Gasteiger partial charge in [-0.3, -0.25) is 4.79 Å².